The minimum Gasteiger partial charge on any atom is -0.458 e. The molecule has 0 bridgehead atoms. The highest BCUT2D eigenvalue weighted by Crippen LogP contribution is 2.30. The number of benzene rings is 1. The number of carbonyl (C=O) groups excluding carboxylic acids is 1. The number of hydrogen-bond acceptors (Lipinski definition) is 3. The van der Waals surface area contributed by atoms with Gasteiger partial charge in [-0.15, -0.1) is 0 Å². The van der Waals surface area contributed by atoms with Crippen LogP contribution in [0.15, 0.2) is 48.7 Å². The second kappa shape index (κ2) is 6.79. The van der Waals surface area contributed by atoms with Crippen LogP contribution in [0.25, 0.3) is 0 Å². The summed E-state index contributed by atoms with van der Waals surface area (Å²) in [5, 5.41) is 2.70. The molecule has 0 aromatic heterocycles. The average Bonchev–Trinajstić information content (AvgIpc) is 2.35. The van der Waals surface area contributed by atoms with E-state index in [1.54, 1.807) is 6.92 Å². The minimum absolute atomic E-state index is 0.0756. The molecule has 0 aliphatic rings. The van der Waals surface area contributed by atoms with E-state index in [4.69, 9.17) is 4.74 Å². The molecule has 0 amide bonds. The molecule has 0 saturated carbocycles. The smallest absolute Gasteiger partial charge is 0.416 e. The van der Waals surface area contributed by atoms with Crippen molar-refractivity contribution in [1.82, 2.24) is 0 Å². The van der Waals surface area contributed by atoms with Crippen molar-refractivity contribution in [2.75, 3.05) is 11.9 Å². The van der Waals surface area contributed by atoms with Gasteiger partial charge in [-0.25, -0.2) is 4.79 Å². The van der Waals surface area contributed by atoms with Gasteiger partial charge in [0.05, 0.1) is 5.56 Å². The van der Waals surface area contributed by atoms with Crippen molar-refractivity contribution < 1.29 is 22.7 Å². The zero-order valence-corrected chi connectivity index (χ0v) is 10.8. The lowest BCUT2D eigenvalue weighted by molar-refractivity contribution is -0.138. The topological polar surface area (TPSA) is 38.3 Å². The zero-order valence-electron chi connectivity index (χ0n) is 10.8. The molecule has 0 radical (unpaired) electrons. The minimum atomic E-state index is -4.40. The highest BCUT2D eigenvalue weighted by atomic mass is 19.4. The van der Waals surface area contributed by atoms with Crippen molar-refractivity contribution in [3.05, 3.63) is 54.3 Å². The largest absolute Gasteiger partial charge is 0.458 e. The van der Waals surface area contributed by atoms with E-state index in [-0.39, 0.29) is 12.3 Å². The fourth-order valence-electron chi connectivity index (χ4n) is 1.40. The number of rotatable bonds is 5. The normalized spacial score (nSPS) is 11.9. The maximum atomic E-state index is 12.5. The van der Waals surface area contributed by atoms with E-state index >= 15 is 0 Å². The Morgan fingerprint density at radius 1 is 1.45 bits per heavy atom. The second-order valence-corrected chi connectivity index (χ2v) is 3.95. The Bertz CT molecular complexity index is 521. The molecule has 0 fully saturated rings. The Labute approximate surface area is 114 Å². The summed E-state index contributed by atoms with van der Waals surface area (Å²) in [4.78, 5) is 11.3. The van der Waals surface area contributed by atoms with E-state index in [1.807, 2.05) is 0 Å². The Hall–Kier alpha value is -2.24. The van der Waals surface area contributed by atoms with Crippen molar-refractivity contribution >= 4 is 11.7 Å². The maximum Gasteiger partial charge on any atom is 0.416 e. The molecule has 1 rings (SSSR count). The van der Waals surface area contributed by atoms with Crippen LogP contribution in [-0.4, -0.2) is 12.6 Å². The van der Waals surface area contributed by atoms with Crippen LogP contribution in [0.4, 0.5) is 18.9 Å². The van der Waals surface area contributed by atoms with Gasteiger partial charge in [-0.3, -0.25) is 0 Å². The first-order valence-corrected chi connectivity index (χ1v) is 5.73. The third-order valence-corrected chi connectivity index (χ3v) is 2.21. The van der Waals surface area contributed by atoms with Crippen LogP contribution < -0.4 is 5.32 Å². The highest BCUT2D eigenvalue weighted by molar-refractivity contribution is 5.83. The molecule has 0 unspecified atom stereocenters. The van der Waals surface area contributed by atoms with Gasteiger partial charge in [0.15, 0.2) is 0 Å². The van der Waals surface area contributed by atoms with E-state index in [0.29, 0.717) is 5.70 Å². The maximum absolute atomic E-state index is 12.5. The van der Waals surface area contributed by atoms with Crippen molar-refractivity contribution in [3.63, 3.8) is 0 Å². The summed E-state index contributed by atoms with van der Waals surface area (Å²) in [5.74, 6) is -0.595. The number of alkyl halides is 3. The summed E-state index contributed by atoms with van der Waals surface area (Å²) >= 11 is 0. The summed E-state index contributed by atoms with van der Waals surface area (Å²) < 4.78 is 42.3. The number of esters is 1. The average molecular weight is 285 g/mol. The summed E-state index contributed by atoms with van der Waals surface area (Å²) in [7, 11) is 0. The molecule has 1 aromatic carbocycles. The monoisotopic (exact) mass is 285 g/mol. The van der Waals surface area contributed by atoms with Crippen molar-refractivity contribution in [2.24, 2.45) is 0 Å². The van der Waals surface area contributed by atoms with Crippen LogP contribution in [0.5, 0.6) is 0 Å². The fraction of sp³-hybridized carbons (Fsp3) is 0.214. The van der Waals surface area contributed by atoms with Gasteiger partial charge in [-0.1, -0.05) is 18.7 Å². The SMILES string of the molecule is C=CCOC(=O)/C=C(\C)Nc1cccc(C(F)(F)F)c1. The molecule has 0 heterocycles. The first-order valence-electron chi connectivity index (χ1n) is 5.73. The summed E-state index contributed by atoms with van der Waals surface area (Å²) in [6, 6.07) is 4.70. The number of allylic oxidation sites excluding steroid dienone is 1. The number of ether oxygens (including phenoxy) is 1. The van der Waals surface area contributed by atoms with Gasteiger partial charge < -0.3 is 10.1 Å². The van der Waals surface area contributed by atoms with Gasteiger partial charge in [-0.05, 0) is 25.1 Å². The van der Waals surface area contributed by atoms with Crippen LogP contribution in [0.2, 0.25) is 0 Å². The number of carbonyl (C=O) groups is 1. The molecule has 0 atom stereocenters. The fourth-order valence-corrected chi connectivity index (χ4v) is 1.40. The molecule has 0 aliphatic carbocycles. The van der Waals surface area contributed by atoms with E-state index in [9.17, 15) is 18.0 Å². The summed E-state index contributed by atoms with van der Waals surface area (Å²) in [6.45, 7) is 5.02. The van der Waals surface area contributed by atoms with E-state index < -0.39 is 17.7 Å². The zero-order chi connectivity index (χ0) is 15.2. The van der Waals surface area contributed by atoms with Gasteiger partial charge in [0.1, 0.15) is 6.61 Å². The lowest BCUT2D eigenvalue weighted by Crippen LogP contribution is -2.07. The van der Waals surface area contributed by atoms with E-state index in [0.717, 1.165) is 18.2 Å². The van der Waals surface area contributed by atoms with E-state index in [2.05, 4.69) is 11.9 Å². The van der Waals surface area contributed by atoms with Crippen molar-refractivity contribution in [3.8, 4) is 0 Å². The molecular weight excluding hydrogens is 271 g/mol. The van der Waals surface area contributed by atoms with Gasteiger partial charge in [0.2, 0.25) is 0 Å². The second-order valence-electron chi connectivity index (χ2n) is 3.95. The Morgan fingerprint density at radius 2 is 2.15 bits per heavy atom. The van der Waals surface area contributed by atoms with Gasteiger partial charge in [-0.2, -0.15) is 13.2 Å². The van der Waals surface area contributed by atoms with Crippen LogP contribution in [0, 0.1) is 0 Å². The first kappa shape index (κ1) is 15.8. The predicted molar refractivity (Wildman–Crippen MR) is 70.0 cm³/mol. The van der Waals surface area contributed by atoms with Crippen molar-refractivity contribution in [2.45, 2.75) is 13.1 Å². The number of halogens is 3. The molecule has 6 heteroatoms. The van der Waals surface area contributed by atoms with Gasteiger partial charge in [0, 0.05) is 17.5 Å². The molecule has 0 aliphatic heterocycles. The molecular formula is C14H14F3NO2. The molecule has 20 heavy (non-hydrogen) atoms. The quantitative estimate of drug-likeness (QED) is 0.508. The molecule has 108 valence electrons. The Balaban J connectivity index is 2.75. The lowest BCUT2D eigenvalue weighted by Gasteiger charge is -2.10. The number of hydrogen-bond donors (Lipinski definition) is 1. The van der Waals surface area contributed by atoms with Crippen LogP contribution in [0.3, 0.4) is 0 Å². The lowest BCUT2D eigenvalue weighted by atomic mass is 10.2. The van der Waals surface area contributed by atoms with E-state index in [1.165, 1.54) is 18.2 Å². The first-order chi connectivity index (χ1) is 9.32. The summed E-state index contributed by atoms with van der Waals surface area (Å²) in [6.07, 6.45) is -1.83. The number of nitrogens with one attached hydrogen (secondary N) is 1. The van der Waals surface area contributed by atoms with Crippen molar-refractivity contribution in [1.29, 1.82) is 0 Å². The third kappa shape index (κ3) is 5.17. The Morgan fingerprint density at radius 3 is 2.75 bits per heavy atom. The van der Waals surface area contributed by atoms with Gasteiger partial charge >= 0.3 is 12.1 Å². The van der Waals surface area contributed by atoms with Crippen LogP contribution >= 0.6 is 0 Å². The molecule has 1 aromatic rings. The Kier molecular flexibility index (Phi) is 5.37. The third-order valence-electron chi connectivity index (χ3n) is 2.21. The van der Waals surface area contributed by atoms with Crippen LogP contribution in [0.1, 0.15) is 12.5 Å². The molecule has 0 saturated heterocycles. The molecule has 0 spiro atoms. The molecule has 3 nitrogen and oxygen atoms in total. The summed E-state index contributed by atoms with van der Waals surface area (Å²) in [5.41, 5.74) is -0.145. The van der Waals surface area contributed by atoms with Gasteiger partial charge in [0.25, 0.3) is 0 Å². The number of anilines is 1. The standard InChI is InChI=1S/C14H14F3NO2/c1-3-7-20-13(19)8-10(2)18-12-6-4-5-11(9-12)14(15,16)17/h3-6,8-9,18H,1,7H2,2H3/b10-8+. The molecule has 1 N–H and O–H groups in total. The van der Waals surface area contributed by atoms with Crippen LogP contribution in [-0.2, 0) is 15.7 Å². The highest BCUT2D eigenvalue weighted by Gasteiger charge is 2.30. The predicted octanol–water partition coefficient (Wildman–Crippen LogP) is 3.75.